The van der Waals surface area contributed by atoms with Crippen molar-refractivity contribution in [1.29, 1.82) is 0 Å². The highest BCUT2D eigenvalue weighted by Gasteiger charge is 2.38. The van der Waals surface area contributed by atoms with Gasteiger partial charge in [-0.1, -0.05) is 91.0 Å². The first-order valence-corrected chi connectivity index (χ1v) is 9.63. The van der Waals surface area contributed by atoms with Crippen LogP contribution in [0.3, 0.4) is 0 Å². The van der Waals surface area contributed by atoms with Gasteiger partial charge in [-0.3, -0.25) is 0 Å². The lowest BCUT2D eigenvalue weighted by molar-refractivity contribution is -0.111. The Hall–Kier alpha value is -2.36. The molecule has 3 aromatic carbocycles. The maximum atomic E-state index is 11.4. The van der Waals surface area contributed by atoms with Gasteiger partial charge in [-0.05, 0) is 23.6 Å². The minimum absolute atomic E-state index is 0.437. The van der Waals surface area contributed by atoms with Crippen molar-refractivity contribution in [2.75, 3.05) is 5.75 Å². The second-order valence-electron chi connectivity index (χ2n) is 6.69. The summed E-state index contributed by atoms with van der Waals surface area (Å²) in [5.74, 6) is 0.509. The van der Waals surface area contributed by atoms with Crippen molar-refractivity contribution >= 4 is 18.0 Å². The first-order valence-electron chi connectivity index (χ1n) is 8.64. The van der Waals surface area contributed by atoms with Gasteiger partial charge in [-0.25, -0.2) is 0 Å². The zero-order chi connectivity index (χ0) is 18.5. The number of aldehydes is 1. The molecule has 0 heterocycles. The average Bonchev–Trinajstić information content (AvgIpc) is 2.71. The minimum Gasteiger partial charge on any atom is -0.319 e. The van der Waals surface area contributed by atoms with Crippen LogP contribution in [0.15, 0.2) is 91.0 Å². The topological polar surface area (TPSA) is 43.1 Å². The van der Waals surface area contributed by atoms with Gasteiger partial charge in [-0.15, -0.1) is 11.8 Å². The second kappa shape index (κ2) is 7.90. The summed E-state index contributed by atoms with van der Waals surface area (Å²) in [4.78, 5) is 11.4. The predicted octanol–water partition coefficient (Wildman–Crippen LogP) is 4.63. The highest BCUT2D eigenvalue weighted by atomic mass is 32.2. The lowest BCUT2D eigenvalue weighted by Crippen LogP contribution is -2.42. The molecule has 1 atom stereocenters. The van der Waals surface area contributed by atoms with E-state index in [-0.39, 0.29) is 0 Å². The Morgan fingerprint density at radius 1 is 0.769 bits per heavy atom. The number of carbonyl (C=O) groups excluding carboxylic acids is 1. The van der Waals surface area contributed by atoms with Gasteiger partial charge in [0.2, 0.25) is 0 Å². The molecule has 0 fully saturated rings. The van der Waals surface area contributed by atoms with E-state index in [0.717, 1.165) is 6.29 Å². The molecule has 0 bridgehead atoms. The normalized spacial score (nSPS) is 13.8. The van der Waals surface area contributed by atoms with E-state index in [4.69, 9.17) is 5.73 Å². The maximum Gasteiger partial charge on any atom is 0.140 e. The Morgan fingerprint density at radius 2 is 1.12 bits per heavy atom. The predicted molar refractivity (Wildman–Crippen MR) is 110 cm³/mol. The summed E-state index contributed by atoms with van der Waals surface area (Å²) in [6.07, 6.45) is 0.839. The zero-order valence-corrected chi connectivity index (χ0v) is 15.7. The van der Waals surface area contributed by atoms with E-state index < -0.39 is 10.3 Å². The molecule has 0 aliphatic carbocycles. The standard InChI is InChI=1S/C23H23NOS/c1-22(24,17-25)18-26-23(19-11-5-2-6-12-19,20-13-7-3-8-14-20)21-15-9-4-10-16-21/h2-17H,18,24H2,1H3. The first-order chi connectivity index (χ1) is 12.6. The molecule has 0 aromatic heterocycles. The van der Waals surface area contributed by atoms with Crippen molar-refractivity contribution in [3.8, 4) is 0 Å². The third kappa shape index (κ3) is 3.74. The van der Waals surface area contributed by atoms with Crippen LogP contribution in [0.5, 0.6) is 0 Å². The fraction of sp³-hybridized carbons (Fsp3) is 0.174. The summed E-state index contributed by atoms with van der Waals surface area (Å²) in [5, 5.41) is 0. The van der Waals surface area contributed by atoms with Crippen LogP contribution in [0.1, 0.15) is 23.6 Å². The number of thioether (sulfide) groups is 1. The number of rotatable bonds is 7. The molecule has 0 saturated heterocycles. The monoisotopic (exact) mass is 361 g/mol. The Morgan fingerprint density at radius 3 is 1.42 bits per heavy atom. The summed E-state index contributed by atoms with van der Waals surface area (Å²) in [7, 11) is 0. The summed E-state index contributed by atoms with van der Waals surface area (Å²) in [5.41, 5.74) is 8.80. The molecular formula is C23H23NOS. The summed E-state index contributed by atoms with van der Waals surface area (Å²) in [6.45, 7) is 1.78. The molecule has 0 aliphatic heterocycles. The van der Waals surface area contributed by atoms with Crippen LogP contribution >= 0.6 is 11.8 Å². The molecule has 0 aliphatic rings. The molecule has 0 amide bonds. The van der Waals surface area contributed by atoms with E-state index in [2.05, 4.69) is 72.8 Å². The van der Waals surface area contributed by atoms with Crippen molar-refractivity contribution < 1.29 is 4.79 Å². The SMILES string of the molecule is CC(N)(C=O)CSC(c1ccccc1)(c1ccccc1)c1ccccc1. The smallest absolute Gasteiger partial charge is 0.140 e. The quantitative estimate of drug-likeness (QED) is 0.493. The Balaban J connectivity index is 2.23. The van der Waals surface area contributed by atoms with Crippen LogP contribution in [0.4, 0.5) is 0 Å². The zero-order valence-electron chi connectivity index (χ0n) is 14.8. The second-order valence-corrected chi connectivity index (χ2v) is 7.88. The molecule has 3 aromatic rings. The first kappa shape index (κ1) is 18.4. The maximum absolute atomic E-state index is 11.4. The van der Waals surface area contributed by atoms with Gasteiger partial charge in [0.15, 0.2) is 0 Å². The number of hydrogen-bond donors (Lipinski definition) is 1. The van der Waals surface area contributed by atoms with E-state index >= 15 is 0 Å². The van der Waals surface area contributed by atoms with Crippen LogP contribution < -0.4 is 5.73 Å². The summed E-state index contributed by atoms with van der Waals surface area (Å²) < 4.78 is -0.437. The van der Waals surface area contributed by atoms with E-state index in [1.165, 1.54) is 16.7 Å². The van der Waals surface area contributed by atoms with E-state index in [1.54, 1.807) is 18.7 Å². The van der Waals surface area contributed by atoms with Crippen LogP contribution in [-0.2, 0) is 9.54 Å². The Labute approximate surface area is 159 Å². The fourth-order valence-corrected chi connectivity index (χ4v) is 4.57. The van der Waals surface area contributed by atoms with Crippen molar-refractivity contribution in [2.24, 2.45) is 5.73 Å². The largest absolute Gasteiger partial charge is 0.319 e. The number of hydrogen-bond acceptors (Lipinski definition) is 3. The summed E-state index contributed by atoms with van der Waals surface area (Å²) >= 11 is 1.70. The Kier molecular flexibility index (Phi) is 5.60. The van der Waals surface area contributed by atoms with Crippen LogP contribution in [0.25, 0.3) is 0 Å². The highest BCUT2D eigenvalue weighted by Crippen LogP contribution is 2.48. The van der Waals surface area contributed by atoms with Crippen LogP contribution in [0, 0.1) is 0 Å². The highest BCUT2D eigenvalue weighted by molar-refractivity contribution is 8.00. The third-order valence-electron chi connectivity index (χ3n) is 4.41. The summed E-state index contributed by atoms with van der Waals surface area (Å²) in [6, 6.07) is 31.2. The number of nitrogens with two attached hydrogens (primary N) is 1. The molecule has 2 nitrogen and oxygen atoms in total. The molecule has 0 saturated carbocycles. The lowest BCUT2D eigenvalue weighted by Gasteiger charge is -2.37. The Bertz CT molecular complexity index is 735. The van der Waals surface area contributed by atoms with E-state index in [9.17, 15) is 4.79 Å². The van der Waals surface area contributed by atoms with Crippen molar-refractivity contribution in [3.63, 3.8) is 0 Å². The van der Waals surface area contributed by atoms with Crippen LogP contribution in [-0.4, -0.2) is 17.6 Å². The van der Waals surface area contributed by atoms with Crippen molar-refractivity contribution in [2.45, 2.75) is 17.2 Å². The lowest BCUT2D eigenvalue weighted by atomic mass is 9.84. The van der Waals surface area contributed by atoms with Gasteiger partial charge < -0.3 is 10.5 Å². The third-order valence-corrected chi connectivity index (χ3v) is 6.32. The van der Waals surface area contributed by atoms with E-state index in [0.29, 0.717) is 5.75 Å². The molecule has 0 spiro atoms. The van der Waals surface area contributed by atoms with Gasteiger partial charge in [0.25, 0.3) is 0 Å². The van der Waals surface area contributed by atoms with E-state index in [1.807, 2.05) is 18.2 Å². The van der Waals surface area contributed by atoms with Gasteiger partial charge >= 0.3 is 0 Å². The fourth-order valence-electron chi connectivity index (χ4n) is 3.07. The van der Waals surface area contributed by atoms with Gasteiger partial charge in [0.05, 0.1) is 10.3 Å². The van der Waals surface area contributed by atoms with Gasteiger partial charge in [0.1, 0.15) is 6.29 Å². The molecule has 26 heavy (non-hydrogen) atoms. The molecule has 3 rings (SSSR count). The minimum atomic E-state index is -0.881. The van der Waals surface area contributed by atoms with Gasteiger partial charge in [0, 0.05) is 5.75 Å². The van der Waals surface area contributed by atoms with Crippen molar-refractivity contribution in [3.05, 3.63) is 108 Å². The average molecular weight is 362 g/mol. The molecule has 0 radical (unpaired) electrons. The molecule has 2 N–H and O–H groups in total. The number of benzene rings is 3. The molecule has 132 valence electrons. The van der Waals surface area contributed by atoms with Gasteiger partial charge in [-0.2, -0.15) is 0 Å². The molecule has 3 heteroatoms. The number of carbonyl (C=O) groups is 1. The van der Waals surface area contributed by atoms with Crippen molar-refractivity contribution in [1.82, 2.24) is 0 Å². The molecule has 1 unspecified atom stereocenters. The molecular weight excluding hydrogens is 338 g/mol. The van der Waals surface area contributed by atoms with Crippen LogP contribution in [0.2, 0.25) is 0 Å².